The summed E-state index contributed by atoms with van der Waals surface area (Å²) in [6.07, 6.45) is 3.59. The zero-order chi connectivity index (χ0) is 15.2. The topological polar surface area (TPSA) is 35.0 Å². The van der Waals surface area contributed by atoms with Gasteiger partial charge in [0, 0.05) is 23.2 Å². The van der Waals surface area contributed by atoms with Gasteiger partial charge in [-0.25, -0.2) is 0 Å². The Morgan fingerprint density at radius 1 is 0.682 bits per heavy atom. The minimum Gasteiger partial charge on any atom is -0.497 e. The molecule has 3 heteroatoms. The predicted octanol–water partition coefficient (Wildman–Crippen LogP) is 4.48. The summed E-state index contributed by atoms with van der Waals surface area (Å²) in [5.41, 5.74) is 2.06. The predicted molar refractivity (Wildman–Crippen MR) is 90.0 cm³/mol. The van der Waals surface area contributed by atoms with Crippen LogP contribution in [0.2, 0.25) is 0 Å². The van der Waals surface area contributed by atoms with Crippen LogP contribution in [0.5, 0.6) is 5.75 Å². The largest absolute Gasteiger partial charge is 0.497 e. The quantitative estimate of drug-likeness (QED) is 0.518. The Bertz CT molecular complexity index is 825. The molecule has 2 aromatic carbocycles. The van der Waals surface area contributed by atoms with Crippen LogP contribution in [0.3, 0.4) is 0 Å². The van der Waals surface area contributed by atoms with Crippen LogP contribution in [0, 0.1) is 0 Å². The number of pyridine rings is 2. The van der Waals surface area contributed by atoms with Gasteiger partial charge in [-0.05, 0) is 36.4 Å². The SMILES string of the molecule is COc1ccc2ncccc2c1.c1ccc2ncccc2c1. The summed E-state index contributed by atoms with van der Waals surface area (Å²) < 4.78 is 5.09. The lowest BCUT2D eigenvalue weighted by Crippen LogP contribution is -1.82. The Hall–Kier alpha value is -2.94. The first-order valence-corrected chi connectivity index (χ1v) is 7.05. The Morgan fingerprint density at radius 2 is 1.32 bits per heavy atom. The second-order valence-electron chi connectivity index (χ2n) is 4.76. The smallest absolute Gasteiger partial charge is 0.119 e. The van der Waals surface area contributed by atoms with E-state index in [1.807, 2.05) is 60.8 Å². The molecule has 0 fully saturated rings. The van der Waals surface area contributed by atoms with Crippen molar-refractivity contribution in [1.82, 2.24) is 9.97 Å². The highest BCUT2D eigenvalue weighted by Gasteiger charge is 1.94. The Labute approximate surface area is 129 Å². The maximum absolute atomic E-state index is 5.09. The van der Waals surface area contributed by atoms with Crippen molar-refractivity contribution in [2.75, 3.05) is 7.11 Å². The highest BCUT2D eigenvalue weighted by Crippen LogP contribution is 2.17. The van der Waals surface area contributed by atoms with Crippen LogP contribution in [0.1, 0.15) is 0 Å². The first-order chi connectivity index (χ1) is 10.9. The highest BCUT2D eigenvalue weighted by atomic mass is 16.5. The summed E-state index contributed by atoms with van der Waals surface area (Å²) in [5.74, 6) is 0.871. The average molecular weight is 288 g/mol. The van der Waals surface area contributed by atoms with E-state index in [1.54, 1.807) is 13.3 Å². The number of methoxy groups -OCH3 is 1. The molecule has 0 aliphatic carbocycles. The van der Waals surface area contributed by atoms with Gasteiger partial charge in [0.25, 0.3) is 0 Å². The summed E-state index contributed by atoms with van der Waals surface area (Å²) >= 11 is 0. The molecule has 3 nitrogen and oxygen atoms in total. The van der Waals surface area contributed by atoms with Crippen LogP contribution < -0.4 is 4.74 Å². The van der Waals surface area contributed by atoms with Crippen LogP contribution in [0.25, 0.3) is 21.8 Å². The summed E-state index contributed by atoms with van der Waals surface area (Å²) in [7, 11) is 1.66. The van der Waals surface area contributed by atoms with Gasteiger partial charge in [0.2, 0.25) is 0 Å². The average Bonchev–Trinajstić information content (AvgIpc) is 2.62. The number of hydrogen-bond acceptors (Lipinski definition) is 3. The molecule has 4 rings (SSSR count). The zero-order valence-corrected chi connectivity index (χ0v) is 12.3. The van der Waals surface area contributed by atoms with Crippen LogP contribution in [-0.4, -0.2) is 17.1 Å². The molecule has 0 aliphatic heterocycles. The standard InChI is InChI=1S/C10H9NO.C9H7N/c1-12-9-4-5-10-8(7-9)3-2-6-11-10;1-2-6-9-8(4-1)5-3-7-10-9/h2-7H,1H3;1-7H. The Kier molecular flexibility index (Phi) is 4.25. The highest BCUT2D eigenvalue weighted by molar-refractivity contribution is 5.79. The van der Waals surface area contributed by atoms with Gasteiger partial charge in [0.15, 0.2) is 0 Å². The number of para-hydroxylation sites is 1. The van der Waals surface area contributed by atoms with E-state index in [0.717, 1.165) is 22.2 Å². The van der Waals surface area contributed by atoms with Crippen molar-refractivity contribution in [1.29, 1.82) is 0 Å². The van der Waals surface area contributed by atoms with E-state index < -0.39 is 0 Å². The molecule has 4 aromatic rings. The van der Waals surface area contributed by atoms with Gasteiger partial charge < -0.3 is 4.74 Å². The lowest BCUT2D eigenvalue weighted by Gasteiger charge is -2.00. The maximum Gasteiger partial charge on any atom is 0.119 e. The van der Waals surface area contributed by atoms with E-state index in [1.165, 1.54) is 5.39 Å². The number of hydrogen-bond donors (Lipinski definition) is 0. The van der Waals surface area contributed by atoms with Gasteiger partial charge in [-0.3, -0.25) is 9.97 Å². The van der Waals surface area contributed by atoms with Gasteiger partial charge in [-0.1, -0.05) is 30.3 Å². The molecule has 22 heavy (non-hydrogen) atoms. The summed E-state index contributed by atoms with van der Waals surface area (Å²) in [5, 5.41) is 2.31. The molecular weight excluding hydrogens is 272 g/mol. The summed E-state index contributed by atoms with van der Waals surface area (Å²) in [6, 6.07) is 21.9. The lowest BCUT2D eigenvalue weighted by molar-refractivity contribution is 0.415. The van der Waals surface area contributed by atoms with Crippen molar-refractivity contribution >= 4 is 21.8 Å². The fourth-order valence-corrected chi connectivity index (χ4v) is 2.20. The molecule has 0 atom stereocenters. The molecule has 0 saturated heterocycles. The molecule has 0 spiro atoms. The van der Waals surface area contributed by atoms with E-state index in [-0.39, 0.29) is 0 Å². The third kappa shape index (κ3) is 3.20. The second-order valence-corrected chi connectivity index (χ2v) is 4.76. The van der Waals surface area contributed by atoms with Gasteiger partial charge >= 0.3 is 0 Å². The third-order valence-corrected chi connectivity index (χ3v) is 3.32. The molecule has 2 aromatic heterocycles. The van der Waals surface area contributed by atoms with Crippen molar-refractivity contribution in [3.63, 3.8) is 0 Å². The fraction of sp³-hybridized carbons (Fsp3) is 0.0526. The van der Waals surface area contributed by atoms with Gasteiger partial charge in [-0.2, -0.15) is 0 Å². The normalized spacial score (nSPS) is 10.0. The number of nitrogens with zero attached hydrogens (tertiary/aromatic N) is 2. The number of rotatable bonds is 1. The molecule has 2 heterocycles. The molecule has 0 unspecified atom stereocenters. The van der Waals surface area contributed by atoms with Crippen LogP contribution in [0.15, 0.2) is 79.1 Å². The van der Waals surface area contributed by atoms with Gasteiger partial charge in [0.05, 0.1) is 18.1 Å². The Balaban J connectivity index is 0.000000133. The molecular formula is C19H16N2O. The molecule has 0 N–H and O–H groups in total. The Morgan fingerprint density at radius 3 is 2.05 bits per heavy atom. The van der Waals surface area contributed by atoms with E-state index in [2.05, 4.69) is 22.1 Å². The number of benzene rings is 2. The fourth-order valence-electron chi connectivity index (χ4n) is 2.20. The molecule has 0 bridgehead atoms. The summed E-state index contributed by atoms with van der Waals surface area (Å²) in [4.78, 5) is 8.38. The van der Waals surface area contributed by atoms with Crippen LogP contribution in [0.4, 0.5) is 0 Å². The van der Waals surface area contributed by atoms with Crippen LogP contribution >= 0.6 is 0 Å². The van der Waals surface area contributed by atoms with Crippen LogP contribution in [-0.2, 0) is 0 Å². The van der Waals surface area contributed by atoms with Crippen molar-refractivity contribution in [3.8, 4) is 5.75 Å². The minimum absolute atomic E-state index is 0.871. The first-order valence-electron chi connectivity index (χ1n) is 7.05. The molecule has 108 valence electrons. The second kappa shape index (κ2) is 6.68. The van der Waals surface area contributed by atoms with Crippen molar-refractivity contribution in [3.05, 3.63) is 79.1 Å². The zero-order valence-electron chi connectivity index (χ0n) is 12.3. The van der Waals surface area contributed by atoms with E-state index in [9.17, 15) is 0 Å². The van der Waals surface area contributed by atoms with E-state index >= 15 is 0 Å². The first kappa shape index (κ1) is 14.0. The van der Waals surface area contributed by atoms with Crippen molar-refractivity contribution < 1.29 is 4.74 Å². The molecule has 0 aliphatic rings. The number of fused-ring (bicyclic) bond motifs is 2. The van der Waals surface area contributed by atoms with Gasteiger partial charge in [0.1, 0.15) is 5.75 Å². The van der Waals surface area contributed by atoms with Gasteiger partial charge in [-0.15, -0.1) is 0 Å². The number of aromatic nitrogens is 2. The van der Waals surface area contributed by atoms with Crippen molar-refractivity contribution in [2.45, 2.75) is 0 Å². The van der Waals surface area contributed by atoms with E-state index in [4.69, 9.17) is 4.74 Å². The van der Waals surface area contributed by atoms with Crippen molar-refractivity contribution in [2.24, 2.45) is 0 Å². The van der Waals surface area contributed by atoms with E-state index in [0.29, 0.717) is 0 Å². The molecule has 0 amide bonds. The lowest BCUT2D eigenvalue weighted by atomic mass is 10.2. The summed E-state index contributed by atoms with van der Waals surface area (Å²) in [6.45, 7) is 0. The number of ether oxygens (including phenoxy) is 1. The minimum atomic E-state index is 0.871. The monoisotopic (exact) mass is 288 g/mol. The molecule has 0 saturated carbocycles. The molecule has 0 radical (unpaired) electrons. The third-order valence-electron chi connectivity index (χ3n) is 3.32. The maximum atomic E-state index is 5.09.